The SMILES string of the molecule is O=S(=O)(Nc1cccc2ccccc12)c1ccc(S(=O)(=O)N2CCCCC2)cc1. The van der Waals surface area contributed by atoms with Crippen LogP contribution in [0, 0.1) is 0 Å². The Bertz CT molecular complexity index is 1230. The van der Waals surface area contributed by atoms with Crippen molar-refractivity contribution in [3.8, 4) is 0 Å². The number of sulfonamides is 2. The van der Waals surface area contributed by atoms with Crippen LogP contribution in [-0.2, 0) is 20.0 Å². The summed E-state index contributed by atoms with van der Waals surface area (Å²) in [6.45, 7) is 1.01. The maximum atomic E-state index is 12.8. The fraction of sp³-hybridized carbons (Fsp3) is 0.238. The Labute approximate surface area is 171 Å². The average Bonchev–Trinajstić information content (AvgIpc) is 2.74. The molecule has 0 spiro atoms. The molecule has 0 aliphatic carbocycles. The lowest BCUT2D eigenvalue weighted by Gasteiger charge is -2.25. The second-order valence-corrected chi connectivity index (χ2v) is 10.7. The van der Waals surface area contributed by atoms with Crippen molar-refractivity contribution in [1.82, 2.24) is 4.31 Å². The summed E-state index contributed by atoms with van der Waals surface area (Å²) in [5.74, 6) is 0. The highest BCUT2D eigenvalue weighted by Crippen LogP contribution is 2.27. The number of anilines is 1. The Kier molecular flexibility index (Phi) is 5.33. The molecule has 1 aliphatic rings. The maximum Gasteiger partial charge on any atom is 0.261 e. The molecule has 3 aromatic carbocycles. The fourth-order valence-corrected chi connectivity index (χ4v) is 6.16. The van der Waals surface area contributed by atoms with Gasteiger partial charge in [0.25, 0.3) is 10.0 Å². The second kappa shape index (κ2) is 7.78. The predicted octanol–water partition coefficient (Wildman–Crippen LogP) is 3.82. The van der Waals surface area contributed by atoms with Crippen molar-refractivity contribution in [2.75, 3.05) is 17.8 Å². The third-order valence-electron chi connectivity index (χ3n) is 5.12. The predicted molar refractivity (Wildman–Crippen MR) is 114 cm³/mol. The highest BCUT2D eigenvalue weighted by Gasteiger charge is 2.26. The molecule has 0 amide bonds. The minimum Gasteiger partial charge on any atom is -0.279 e. The van der Waals surface area contributed by atoms with Crippen molar-refractivity contribution in [3.63, 3.8) is 0 Å². The number of piperidine rings is 1. The fourth-order valence-electron chi connectivity index (χ4n) is 3.56. The van der Waals surface area contributed by atoms with Gasteiger partial charge in [0.15, 0.2) is 0 Å². The van der Waals surface area contributed by atoms with Crippen LogP contribution in [0.2, 0.25) is 0 Å². The first-order valence-corrected chi connectivity index (χ1v) is 12.4. The third-order valence-corrected chi connectivity index (χ3v) is 8.42. The van der Waals surface area contributed by atoms with Gasteiger partial charge in [0.2, 0.25) is 10.0 Å². The summed E-state index contributed by atoms with van der Waals surface area (Å²) < 4.78 is 55.2. The molecule has 0 atom stereocenters. The van der Waals surface area contributed by atoms with Crippen molar-refractivity contribution in [2.24, 2.45) is 0 Å². The monoisotopic (exact) mass is 430 g/mol. The van der Waals surface area contributed by atoms with E-state index in [0.29, 0.717) is 18.8 Å². The van der Waals surface area contributed by atoms with Crippen LogP contribution in [0.5, 0.6) is 0 Å². The Balaban J connectivity index is 1.61. The minimum absolute atomic E-state index is 0.0167. The van der Waals surface area contributed by atoms with Gasteiger partial charge in [0.05, 0.1) is 15.5 Å². The normalized spacial score (nSPS) is 16.0. The highest BCUT2D eigenvalue weighted by molar-refractivity contribution is 7.92. The van der Waals surface area contributed by atoms with E-state index >= 15 is 0 Å². The Morgan fingerprint density at radius 1 is 0.690 bits per heavy atom. The molecule has 0 radical (unpaired) electrons. The molecule has 1 aliphatic heterocycles. The number of nitrogens with zero attached hydrogens (tertiary/aromatic N) is 1. The summed E-state index contributed by atoms with van der Waals surface area (Å²) >= 11 is 0. The van der Waals surface area contributed by atoms with E-state index in [1.54, 1.807) is 12.1 Å². The van der Waals surface area contributed by atoms with Crippen LogP contribution in [0.15, 0.2) is 76.5 Å². The van der Waals surface area contributed by atoms with Crippen molar-refractivity contribution in [3.05, 3.63) is 66.7 Å². The van der Waals surface area contributed by atoms with Gasteiger partial charge in [-0.1, -0.05) is 42.8 Å². The van der Waals surface area contributed by atoms with E-state index in [2.05, 4.69) is 4.72 Å². The molecule has 0 bridgehead atoms. The summed E-state index contributed by atoms with van der Waals surface area (Å²) in [4.78, 5) is 0.131. The molecule has 0 saturated carbocycles. The molecule has 4 rings (SSSR count). The molecule has 0 aromatic heterocycles. The second-order valence-electron chi connectivity index (χ2n) is 7.07. The number of hydrogen-bond donors (Lipinski definition) is 1. The van der Waals surface area contributed by atoms with E-state index < -0.39 is 20.0 Å². The molecule has 6 nitrogen and oxygen atoms in total. The number of fused-ring (bicyclic) bond motifs is 1. The zero-order chi connectivity index (χ0) is 20.5. The number of hydrogen-bond acceptors (Lipinski definition) is 4. The molecule has 152 valence electrons. The van der Waals surface area contributed by atoms with Gasteiger partial charge in [0.1, 0.15) is 0 Å². The van der Waals surface area contributed by atoms with E-state index in [9.17, 15) is 16.8 Å². The molecule has 1 fully saturated rings. The Morgan fingerprint density at radius 3 is 2.03 bits per heavy atom. The number of rotatable bonds is 5. The summed E-state index contributed by atoms with van der Waals surface area (Å²) in [6.07, 6.45) is 2.73. The van der Waals surface area contributed by atoms with Crippen molar-refractivity contribution >= 4 is 36.5 Å². The zero-order valence-corrected chi connectivity index (χ0v) is 17.4. The third kappa shape index (κ3) is 4.01. The lowest BCUT2D eigenvalue weighted by molar-refractivity contribution is 0.346. The first-order chi connectivity index (χ1) is 13.9. The molecular formula is C21H22N2O4S2. The van der Waals surface area contributed by atoms with E-state index in [0.717, 1.165) is 30.0 Å². The Morgan fingerprint density at radius 2 is 1.31 bits per heavy atom. The molecule has 1 heterocycles. The summed E-state index contributed by atoms with van der Waals surface area (Å²) in [5.41, 5.74) is 0.480. The molecule has 3 aromatic rings. The van der Waals surface area contributed by atoms with Crippen LogP contribution in [0.4, 0.5) is 5.69 Å². The quantitative estimate of drug-likeness (QED) is 0.667. The summed E-state index contributed by atoms with van der Waals surface area (Å²) in [5, 5.41) is 1.72. The van der Waals surface area contributed by atoms with Crippen molar-refractivity contribution in [2.45, 2.75) is 29.1 Å². The van der Waals surface area contributed by atoms with Gasteiger partial charge in [-0.3, -0.25) is 4.72 Å². The molecule has 1 N–H and O–H groups in total. The van der Waals surface area contributed by atoms with Crippen molar-refractivity contribution in [1.29, 1.82) is 0 Å². The van der Waals surface area contributed by atoms with Gasteiger partial charge in [0, 0.05) is 18.5 Å². The topological polar surface area (TPSA) is 83.5 Å². The van der Waals surface area contributed by atoms with E-state index in [1.807, 2.05) is 30.3 Å². The smallest absolute Gasteiger partial charge is 0.261 e. The van der Waals surface area contributed by atoms with E-state index in [4.69, 9.17) is 0 Å². The number of benzene rings is 3. The lowest BCUT2D eigenvalue weighted by Crippen LogP contribution is -2.35. The maximum absolute atomic E-state index is 12.8. The van der Waals surface area contributed by atoms with Gasteiger partial charge in [-0.2, -0.15) is 4.31 Å². The first-order valence-electron chi connectivity index (χ1n) is 9.49. The van der Waals surface area contributed by atoms with Crippen LogP contribution in [0.3, 0.4) is 0 Å². The average molecular weight is 431 g/mol. The van der Waals surface area contributed by atoms with Gasteiger partial charge in [-0.15, -0.1) is 0 Å². The molecule has 1 saturated heterocycles. The first kappa shape index (κ1) is 19.9. The van der Waals surface area contributed by atoms with E-state index in [1.165, 1.54) is 28.6 Å². The zero-order valence-electron chi connectivity index (χ0n) is 15.8. The van der Waals surface area contributed by atoms with Crippen LogP contribution in [-0.4, -0.2) is 34.2 Å². The van der Waals surface area contributed by atoms with Gasteiger partial charge < -0.3 is 0 Å². The van der Waals surface area contributed by atoms with Crippen molar-refractivity contribution < 1.29 is 16.8 Å². The largest absolute Gasteiger partial charge is 0.279 e. The minimum atomic E-state index is -3.85. The summed E-state index contributed by atoms with van der Waals surface area (Å²) in [7, 11) is -7.44. The van der Waals surface area contributed by atoms with Crippen LogP contribution >= 0.6 is 0 Å². The van der Waals surface area contributed by atoms with Gasteiger partial charge in [-0.05, 0) is 48.6 Å². The molecular weight excluding hydrogens is 408 g/mol. The van der Waals surface area contributed by atoms with Crippen LogP contribution in [0.25, 0.3) is 10.8 Å². The standard InChI is InChI=1S/C21H22N2O4S2/c24-28(25,22-21-10-6-8-17-7-2-3-9-20(17)21)18-11-13-19(14-12-18)29(26,27)23-15-4-1-5-16-23/h2-3,6-14,22H,1,4-5,15-16H2. The number of nitrogens with one attached hydrogen (secondary N) is 1. The molecule has 0 unspecified atom stereocenters. The van der Waals surface area contributed by atoms with Crippen LogP contribution < -0.4 is 4.72 Å². The van der Waals surface area contributed by atoms with E-state index in [-0.39, 0.29) is 9.79 Å². The van der Waals surface area contributed by atoms with Gasteiger partial charge in [-0.25, -0.2) is 16.8 Å². The van der Waals surface area contributed by atoms with Crippen LogP contribution in [0.1, 0.15) is 19.3 Å². The van der Waals surface area contributed by atoms with Gasteiger partial charge >= 0.3 is 0 Å². The lowest BCUT2D eigenvalue weighted by atomic mass is 10.1. The molecule has 29 heavy (non-hydrogen) atoms. The summed E-state index contributed by atoms with van der Waals surface area (Å²) in [6, 6.07) is 18.3. The highest BCUT2D eigenvalue weighted by atomic mass is 32.2. The Hall–Kier alpha value is -2.42. The molecule has 8 heteroatoms.